The molecule has 0 saturated heterocycles. The van der Waals surface area contributed by atoms with Gasteiger partial charge < -0.3 is 10.1 Å². The molecule has 1 aromatic carbocycles. The Kier molecular flexibility index (Phi) is 3.81. The molecule has 2 aromatic heterocycles. The van der Waals surface area contributed by atoms with Crippen LogP contribution in [0.25, 0.3) is 15.3 Å². The van der Waals surface area contributed by atoms with Crippen LogP contribution in [0.15, 0.2) is 24.3 Å². The maximum atomic E-state index is 11.3. The number of fused-ring (bicyclic) bond motifs is 1. The summed E-state index contributed by atoms with van der Waals surface area (Å²) in [6, 6.07) is 7.65. The number of carbonyl (C=O) groups excluding carboxylic acids is 1. The Hall–Kier alpha value is -2.41. The second-order valence-electron chi connectivity index (χ2n) is 4.80. The van der Waals surface area contributed by atoms with Crippen molar-refractivity contribution in [3.05, 3.63) is 30.0 Å². The number of rotatable bonds is 4. The van der Waals surface area contributed by atoms with E-state index in [-0.39, 0.29) is 5.91 Å². The Balaban J connectivity index is 2.11. The Morgan fingerprint density at radius 2 is 2.27 bits per heavy atom. The van der Waals surface area contributed by atoms with Gasteiger partial charge in [-0.15, -0.1) is 0 Å². The number of amides is 1. The molecule has 3 rings (SSSR count). The molecule has 3 aromatic rings. The fraction of sp³-hybridized carbons (Fsp3) is 0.267. The number of hydrogen-bond donors (Lipinski definition) is 1. The molecule has 7 heteroatoms. The molecule has 22 heavy (non-hydrogen) atoms. The van der Waals surface area contributed by atoms with Gasteiger partial charge in [-0.1, -0.05) is 17.4 Å². The van der Waals surface area contributed by atoms with Crippen molar-refractivity contribution >= 4 is 33.3 Å². The van der Waals surface area contributed by atoms with Crippen molar-refractivity contribution in [1.29, 1.82) is 0 Å². The monoisotopic (exact) mass is 316 g/mol. The first kappa shape index (κ1) is 14.5. The zero-order valence-electron chi connectivity index (χ0n) is 12.6. The van der Waals surface area contributed by atoms with E-state index in [0.717, 1.165) is 21.7 Å². The minimum absolute atomic E-state index is 0.141. The van der Waals surface area contributed by atoms with Crippen LogP contribution in [0.2, 0.25) is 0 Å². The van der Waals surface area contributed by atoms with Crippen molar-refractivity contribution < 1.29 is 9.53 Å². The number of thiazole rings is 1. The molecule has 0 aliphatic rings. The topological polar surface area (TPSA) is 69.0 Å². The molecule has 0 aliphatic carbocycles. The number of aromatic nitrogens is 3. The molecule has 0 bridgehead atoms. The zero-order chi connectivity index (χ0) is 15.7. The molecule has 1 N–H and O–H groups in total. The van der Waals surface area contributed by atoms with Gasteiger partial charge in [0.1, 0.15) is 17.1 Å². The van der Waals surface area contributed by atoms with Crippen LogP contribution in [0, 0.1) is 6.92 Å². The van der Waals surface area contributed by atoms with Gasteiger partial charge in [0.2, 0.25) is 11.0 Å². The first-order valence-corrected chi connectivity index (χ1v) is 7.77. The van der Waals surface area contributed by atoms with Gasteiger partial charge in [0, 0.05) is 13.0 Å². The summed E-state index contributed by atoms with van der Waals surface area (Å²) in [7, 11) is 0. The van der Waals surface area contributed by atoms with Crippen LogP contribution in [-0.2, 0) is 4.79 Å². The number of para-hydroxylation sites is 1. The van der Waals surface area contributed by atoms with Crippen molar-refractivity contribution in [1.82, 2.24) is 14.8 Å². The van der Waals surface area contributed by atoms with Gasteiger partial charge in [0.15, 0.2) is 0 Å². The number of anilines is 1. The van der Waals surface area contributed by atoms with E-state index in [0.29, 0.717) is 17.6 Å². The molecule has 0 spiro atoms. The minimum Gasteiger partial charge on any atom is -0.492 e. The summed E-state index contributed by atoms with van der Waals surface area (Å²) < 4.78 is 8.28. The van der Waals surface area contributed by atoms with Gasteiger partial charge in [-0.3, -0.25) is 4.79 Å². The largest absolute Gasteiger partial charge is 0.492 e. The second-order valence-corrected chi connectivity index (χ2v) is 5.81. The van der Waals surface area contributed by atoms with Crippen LogP contribution in [0.1, 0.15) is 19.5 Å². The van der Waals surface area contributed by atoms with Crippen LogP contribution in [0.5, 0.6) is 5.75 Å². The lowest BCUT2D eigenvalue weighted by Crippen LogP contribution is -2.10. The fourth-order valence-corrected chi connectivity index (χ4v) is 3.14. The van der Waals surface area contributed by atoms with Crippen LogP contribution >= 0.6 is 11.3 Å². The highest BCUT2D eigenvalue weighted by molar-refractivity contribution is 7.20. The van der Waals surface area contributed by atoms with E-state index in [1.807, 2.05) is 38.1 Å². The highest BCUT2D eigenvalue weighted by Gasteiger charge is 2.15. The Bertz CT molecular complexity index is 837. The minimum atomic E-state index is -0.141. The molecular formula is C15H16N4O2S. The molecule has 0 saturated carbocycles. The summed E-state index contributed by atoms with van der Waals surface area (Å²) in [5.74, 6) is 1.23. The first-order valence-electron chi connectivity index (χ1n) is 6.95. The third-order valence-electron chi connectivity index (χ3n) is 2.99. The third kappa shape index (κ3) is 2.67. The third-order valence-corrected chi connectivity index (χ3v) is 3.98. The smallest absolute Gasteiger partial charge is 0.222 e. The summed E-state index contributed by atoms with van der Waals surface area (Å²) in [5.41, 5.74) is 1.62. The van der Waals surface area contributed by atoms with E-state index in [1.165, 1.54) is 18.3 Å². The van der Waals surface area contributed by atoms with E-state index in [9.17, 15) is 4.79 Å². The average Bonchev–Trinajstić information content (AvgIpc) is 3.02. The normalized spacial score (nSPS) is 10.9. The summed E-state index contributed by atoms with van der Waals surface area (Å²) in [4.78, 5) is 16.0. The fourth-order valence-electron chi connectivity index (χ4n) is 2.19. The van der Waals surface area contributed by atoms with Gasteiger partial charge in [0.05, 0.1) is 17.0 Å². The van der Waals surface area contributed by atoms with Crippen LogP contribution in [0.4, 0.5) is 5.82 Å². The lowest BCUT2D eigenvalue weighted by molar-refractivity contribution is -0.114. The molecule has 0 fully saturated rings. The van der Waals surface area contributed by atoms with E-state index in [4.69, 9.17) is 4.74 Å². The average molecular weight is 316 g/mol. The van der Waals surface area contributed by atoms with Crippen LogP contribution < -0.4 is 10.1 Å². The maximum Gasteiger partial charge on any atom is 0.222 e. The Morgan fingerprint density at radius 3 is 3.00 bits per heavy atom. The number of nitrogens with zero attached hydrogens (tertiary/aromatic N) is 3. The van der Waals surface area contributed by atoms with Crippen molar-refractivity contribution in [2.45, 2.75) is 20.8 Å². The predicted molar refractivity (Wildman–Crippen MR) is 87.0 cm³/mol. The number of carbonyl (C=O) groups is 1. The van der Waals surface area contributed by atoms with Crippen LogP contribution in [0.3, 0.4) is 0 Å². The SMILES string of the molecule is CCOc1cccc2sc(-n3nc(C)cc3NC(C)=O)nc12. The highest BCUT2D eigenvalue weighted by atomic mass is 32.1. The summed E-state index contributed by atoms with van der Waals surface area (Å²) in [5, 5.41) is 7.88. The molecule has 0 aliphatic heterocycles. The lowest BCUT2D eigenvalue weighted by atomic mass is 10.3. The van der Waals surface area contributed by atoms with Gasteiger partial charge in [-0.05, 0) is 26.0 Å². The maximum absolute atomic E-state index is 11.3. The quantitative estimate of drug-likeness (QED) is 0.803. The highest BCUT2D eigenvalue weighted by Crippen LogP contribution is 2.32. The van der Waals surface area contributed by atoms with E-state index < -0.39 is 0 Å². The van der Waals surface area contributed by atoms with Crippen LogP contribution in [-0.4, -0.2) is 27.3 Å². The predicted octanol–water partition coefficient (Wildman–Crippen LogP) is 3.15. The molecule has 0 unspecified atom stereocenters. The van der Waals surface area contributed by atoms with Gasteiger partial charge in [0.25, 0.3) is 0 Å². The van der Waals surface area contributed by atoms with E-state index >= 15 is 0 Å². The summed E-state index contributed by atoms with van der Waals surface area (Å²) in [6.45, 7) is 5.88. The van der Waals surface area contributed by atoms with E-state index in [2.05, 4.69) is 15.4 Å². The van der Waals surface area contributed by atoms with E-state index in [1.54, 1.807) is 4.68 Å². The molecule has 2 heterocycles. The second kappa shape index (κ2) is 5.76. The van der Waals surface area contributed by atoms with Crippen molar-refractivity contribution in [2.75, 3.05) is 11.9 Å². The van der Waals surface area contributed by atoms with Crippen molar-refractivity contribution in [3.8, 4) is 10.9 Å². The van der Waals surface area contributed by atoms with Crippen molar-refractivity contribution in [2.24, 2.45) is 0 Å². The van der Waals surface area contributed by atoms with Gasteiger partial charge in [-0.2, -0.15) is 9.78 Å². The first-order chi connectivity index (χ1) is 10.6. The zero-order valence-corrected chi connectivity index (χ0v) is 13.4. The lowest BCUT2D eigenvalue weighted by Gasteiger charge is -2.03. The number of benzene rings is 1. The standard InChI is InChI=1S/C15H16N4O2S/c1-4-21-11-6-5-7-12-14(11)17-15(22-12)19-13(16-10(3)20)8-9(2)18-19/h5-8H,4H2,1-3H3,(H,16,20). The Labute approximate surface area is 131 Å². The van der Waals surface area contributed by atoms with Gasteiger partial charge in [-0.25, -0.2) is 4.98 Å². The summed E-state index contributed by atoms with van der Waals surface area (Å²) in [6.07, 6.45) is 0. The number of nitrogens with one attached hydrogen (secondary N) is 1. The molecule has 6 nitrogen and oxygen atoms in total. The molecule has 0 atom stereocenters. The molecule has 114 valence electrons. The number of aryl methyl sites for hydroxylation is 1. The summed E-state index contributed by atoms with van der Waals surface area (Å²) >= 11 is 1.50. The van der Waals surface area contributed by atoms with Gasteiger partial charge >= 0.3 is 0 Å². The Morgan fingerprint density at radius 1 is 1.45 bits per heavy atom. The molecule has 0 radical (unpaired) electrons. The number of ether oxygens (including phenoxy) is 1. The molecular weight excluding hydrogens is 300 g/mol. The molecule has 1 amide bonds. The van der Waals surface area contributed by atoms with Crippen molar-refractivity contribution in [3.63, 3.8) is 0 Å². The number of hydrogen-bond acceptors (Lipinski definition) is 5.